The first-order valence-corrected chi connectivity index (χ1v) is 6.39. The number of aromatic nitrogens is 3. The second kappa shape index (κ2) is 4.36. The van der Waals surface area contributed by atoms with E-state index >= 15 is 0 Å². The van der Waals surface area contributed by atoms with E-state index in [1.165, 1.54) is 11.3 Å². The number of nitrogens with two attached hydrogens (primary N) is 1. The van der Waals surface area contributed by atoms with E-state index in [-0.39, 0.29) is 5.91 Å². The van der Waals surface area contributed by atoms with E-state index in [1.807, 2.05) is 6.07 Å². The molecule has 0 unspecified atom stereocenters. The number of fused-ring (bicyclic) bond motifs is 1. The third-order valence-electron chi connectivity index (χ3n) is 2.70. The number of rotatable bonds is 2. The summed E-state index contributed by atoms with van der Waals surface area (Å²) in [5.74, 6) is -0.230. The fourth-order valence-corrected chi connectivity index (χ4v) is 2.80. The van der Waals surface area contributed by atoms with Gasteiger partial charge in [0.05, 0.1) is 22.3 Å². The largest absolute Gasteiger partial charge is 0.397 e. The molecular weight excluding hydrogens is 262 g/mol. The molecule has 1 amide bonds. The number of pyridine rings is 1. The van der Waals surface area contributed by atoms with E-state index in [0.29, 0.717) is 16.3 Å². The lowest BCUT2D eigenvalue weighted by molar-refractivity contribution is 0.103. The van der Waals surface area contributed by atoms with E-state index in [2.05, 4.69) is 15.4 Å². The molecule has 0 aliphatic carbocycles. The number of anilines is 2. The number of aryl methyl sites for hydroxylation is 1. The van der Waals surface area contributed by atoms with Gasteiger partial charge in [-0.05, 0) is 6.07 Å². The molecule has 3 aromatic heterocycles. The van der Waals surface area contributed by atoms with Crippen LogP contribution >= 0.6 is 11.3 Å². The number of amides is 1. The van der Waals surface area contributed by atoms with E-state index in [9.17, 15) is 4.79 Å². The van der Waals surface area contributed by atoms with E-state index in [1.54, 1.807) is 36.5 Å². The second-order valence-corrected chi connectivity index (χ2v) is 5.13. The Morgan fingerprint density at radius 2 is 2.32 bits per heavy atom. The Balaban J connectivity index is 1.95. The normalized spacial score (nSPS) is 10.8. The average Bonchev–Trinajstić information content (AvgIpc) is 2.94. The van der Waals surface area contributed by atoms with Crippen LogP contribution in [0.15, 0.2) is 30.9 Å². The molecule has 3 aromatic rings. The molecule has 3 N–H and O–H groups in total. The minimum absolute atomic E-state index is 0.230. The van der Waals surface area contributed by atoms with E-state index in [4.69, 9.17) is 5.73 Å². The van der Waals surface area contributed by atoms with Crippen LogP contribution in [0.5, 0.6) is 0 Å². The summed E-state index contributed by atoms with van der Waals surface area (Å²) in [5, 5.41) is 7.62. The Bertz CT molecular complexity index is 760. The Morgan fingerprint density at radius 3 is 3.00 bits per heavy atom. The van der Waals surface area contributed by atoms with Gasteiger partial charge in [-0.15, -0.1) is 11.3 Å². The summed E-state index contributed by atoms with van der Waals surface area (Å²) >= 11 is 1.33. The van der Waals surface area contributed by atoms with Crippen LogP contribution in [0.4, 0.5) is 11.4 Å². The molecule has 0 saturated heterocycles. The second-order valence-electron chi connectivity index (χ2n) is 4.07. The van der Waals surface area contributed by atoms with E-state index < -0.39 is 0 Å². The topological polar surface area (TPSA) is 85.8 Å². The predicted molar refractivity (Wildman–Crippen MR) is 75.2 cm³/mol. The maximum absolute atomic E-state index is 12.2. The first-order chi connectivity index (χ1) is 9.15. The SMILES string of the molecule is Cn1cc(NC(=O)c2sc3cnccc3c2N)cn1. The Hall–Kier alpha value is -2.41. The zero-order chi connectivity index (χ0) is 13.4. The number of nitrogen functional groups attached to an aromatic ring is 1. The fourth-order valence-electron chi connectivity index (χ4n) is 1.81. The molecule has 6 nitrogen and oxygen atoms in total. The van der Waals surface area contributed by atoms with Crippen molar-refractivity contribution in [1.29, 1.82) is 0 Å². The quantitative estimate of drug-likeness (QED) is 0.746. The third-order valence-corrected chi connectivity index (χ3v) is 3.85. The molecule has 19 heavy (non-hydrogen) atoms. The summed E-state index contributed by atoms with van der Waals surface area (Å²) in [6.07, 6.45) is 6.68. The van der Waals surface area contributed by atoms with Crippen molar-refractivity contribution in [2.45, 2.75) is 0 Å². The van der Waals surface area contributed by atoms with Gasteiger partial charge in [-0.1, -0.05) is 0 Å². The van der Waals surface area contributed by atoms with Crippen molar-refractivity contribution >= 4 is 38.7 Å². The Kier molecular flexibility index (Phi) is 2.68. The highest BCUT2D eigenvalue weighted by atomic mass is 32.1. The number of nitrogens with zero attached hydrogens (tertiary/aromatic N) is 3. The first kappa shape index (κ1) is 11.7. The van der Waals surface area contributed by atoms with Gasteiger partial charge in [0.2, 0.25) is 0 Å². The van der Waals surface area contributed by atoms with Gasteiger partial charge in [0.15, 0.2) is 0 Å². The van der Waals surface area contributed by atoms with Crippen molar-refractivity contribution in [1.82, 2.24) is 14.8 Å². The lowest BCUT2D eigenvalue weighted by Crippen LogP contribution is -2.11. The van der Waals surface area contributed by atoms with Gasteiger partial charge >= 0.3 is 0 Å². The molecule has 0 spiro atoms. The number of thiophene rings is 1. The van der Waals surface area contributed by atoms with Crippen LogP contribution in [0.2, 0.25) is 0 Å². The van der Waals surface area contributed by atoms with Gasteiger partial charge in [-0.25, -0.2) is 0 Å². The lowest BCUT2D eigenvalue weighted by Gasteiger charge is -2.00. The molecule has 0 aliphatic heterocycles. The standard InChI is InChI=1S/C12H11N5OS/c1-17-6-7(4-15-17)16-12(18)11-10(13)8-2-3-14-5-9(8)19-11/h2-6H,13H2,1H3,(H,16,18). The molecule has 3 heterocycles. The highest BCUT2D eigenvalue weighted by Crippen LogP contribution is 2.33. The maximum Gasteiger partial charge on any atom is 0.267 e. The summed E-state index contributed by atoms with van der Waals surface area (Å²) in [6.45, 7) is 0. The Morgan fingerprint density at radius 1 is 1.47 bits per heavy atom. The van der Waals surface area contributed by atoms with Crippen molar-refractivity contribution in [2.75, 3.05) is 11.1 Å². The van der Waals surface area contributed by atoms with Gasteiger partial charge in [0, 0.05) is 31.0 Å². The molecular formula is C12H11N5OS. The van der Waals surface area contributed by atoms with E-state index in [0.717, 1.165) is 10.1 Å². The molecule has 96 valence electrons. The first-order valence-electron chi connectivity index (χ1n) is 5.57. The van der Waals surface area contributed by atoms with Crippen LogP contribution in [-0.2, 0) is 7.05 Å². The third kappa shape index (κ3) is 2.04. The van der Waals surface area contributed by atoms with Gasteiger partial charge < -0.3 is 11.1 Å². The Labute approximate surface area is 112 Å². The summed E-state index contributed by atoms with van der Waals surface area (Å²) < 4.78 is 2.52. The van der Waals surface area contributed by atoms with Gasteiger partial charge in [-0.2, -0.15) is 5.10 Å². The van der Waals surface area contributed by atoms with Crippen LogP contribution in [-0.4, -0.2) is 20.7 Å². The zero-order valence-electron chi connectivity index (χ0n) is 10.1. The molecule has 0 aliphatic rings. The average molecular weight is 273 g/mol. The molecule has 0 radical (unpaired) electrons. The van der Waals surface area contributed by atoms with Crippen LogP contribution in [0, 0.1) is 0 Å². The molecule has 3 rings (SSSR count). The summed E-state index contributed by atoms with van der Waals surface area (Å²) in [4.78, 5) is 16.7. The monoisotopic (exact) mass is 273 g/mol. The number of carbonyl (C=O) groups is 1. The number of nitrogens with one attached hydrogen (secondary N) is 1. The number of carbonyl (C=O) groups excluding carboxylic acids is 1. The highest BCUT2D eigenvalue weighted by molar-refractivity contribution is 7.21. The van der Waals surface area contributed by atoms with Crippen LogP contribution in [0.3, 0.4) is 0 Å². The molecule has 0 saturated carbocycles. The van der Waals surface area contributed by atoms with Crippen molar-refractivity contribution in [2.24, 2.45) is 7.05 Å². The van der Waals surface area contributed by atoms with Gasteiger partial charge in [0.1, 0.15) is 4.88 Å². The minimum atomic E-state index is -0.230. The summed E-state index contributed by atoms with van der Waals surface area (Å²) in [6, 6.07) is 1.81. The fraction of sp³-hybridized carbons (Fsp3) is 0.0833. The van der Waals surface area contributed by atoms with Crippen LogP contribution in [0.25, 0.3) is 10.1 Å². The van der Waals surface area contributed by atoms with Gasteiger partial charge in [-0.3, -0.25) is 14.5 Å². The van der Waals surface area contributed by atoms with Crippen molar-refractivity contribution in [3.63, 3.8) is 0 Å². The smallest absolute Gasteiger partial charge is 0.267 e. The molecule has 0 fully saturated rings. The lowest BCUT2D eigenvalue weighted by atomic mass is 10.2. The van der Waals surface area contributed by atoms with Crippen molar-refractivity contribution in [3.8, 4) is 0 Å². The predicted octanol–water partition coefficient (Wildman–Crippen LogP) is 1.86. The molecule has 0 bridgehead atoms. The maximum atomic E-state index is 12.2. The molecule has 0 aromatic carbocycles. The van der Waals surface area contributed by atoms with Crippen LogP contribution < -0.4 is 11.1 Å². The number of hydrogen-bond acceptors (Lipinski definition) is 5. The highest BCUT2D eigenvalue weighted by Gasteiger charge is 2.16. The summed E-state index contributed by atoms with van der Waals surface area (Å²) in [7, 11) is 1.79. The number of hydrogen-bond donors (Lipinski definition) is 2. The van der Waals surface area contributed by atoms with Crippen molar-refractivity contribution < 1.29 is 4.79 Å². The molecule has 7 heteroatoms. The zero-order valence-corrected chi connectivity index (χ0v) is 10.9. The summed E-state index contributed by atoms with van der Waals surface area (Å²) in [5.41, 5.74) is 7.13. The van der Waals surface area contributed by atoms with Crippen molar-refractivity contribution in [3.05, 3.63) is 35.7 Å². The minimum Gasteiger partial charge on any atom is -0.397 e. The van der Waals surface area contributed by atoms with Gasteiger partial charge in [0.25, 0.3) is 5.91 Å². The molecule has 0 atom stereocenters. The van der Waals surface area contributed by atoms with Crippen LogP contribution in [0.1, 0.15) is 9.67 Å².